The molecule has 1 unspecified atom stereocenters. The van der Waals surface area contributed by atoms with Crippen LogP contribution in [0.25, 0.3) is 0 Å². The summed E-state index contributed by atoms with van der Waals surface area (Å²) >= 11 is 0. The largest absolute Gasteiger partial charge is 0.391 e. The zero-order valence-corrected chi connectivity index (χ0v) is 12.6. The molecule has 5 nitrogen and oxygen atoms in total. The van der Waals surface area contributed by atoms with Gasteiger partial charge in [0.25, 0.3) is 0 Å². The number of aliphatic hydroxyl groups excluding tert-OH is 2. The molecule has 1 saturated heterocycles. The van der Waals surface area contributed by atoms with Crippen molar-refractivity contribution in [2.24, 2.45) is 0 Å². The fourth-order valence-electron chi connectivity index (χ4n) is 2.85. The van der Waals surface area contributed by atoms with Gasteiger partial charge >= 0.3 is 0 Å². The molecule has 118 valence electrons. The Kier molecular flexibility index (Phi) is 7.12. The van der Waals surface area contributed by atoms with Gasteiger partial charge in [0.1, 0.15) is 45.4 Å². The van der Waals surface area contributed by atoms with E-state index in [0.717, 1.165) is 44.8 Å². The normalized spacial score (nSPS) is 23.9. The second-order valence-corrected chi connectivity index (χ2v) is 5.83. The van der Waals surface area contributed by atoms with E-state index >= 15 is 0 Å². The van der Waals surface area contributed by atoms with E-state index in [1.807, 2.05) is 30.3 Å². The number of hydrogen-bond donors (Lipinski definition) is 4. The van der Waals surface area contributed by atoms with Gasteiger partial charge in [0.05, 0.1) is 19.8 Å². The van der Waals surface area contributed by atoms with Crippen molar-refractivity contribution in [3.8, 4) is 0 Å². The molecule has 1 aromatic rings. The van der Waals surface area contributed by atoms with Gasteiger partial charge in [0.2, 0.25) is 0 Å². The minimum Gasteiger partial charge on any atom is -0.391 e. The van der Waals surface area contributed by atoms with E-state index in [1.54, 1.807) is 0 Å². The third-order valence-corrected chi connectivity index (χ3v) is 4.08. The Balaban J connectivity index is 1.58. The number of benzene rings is 1. The van der Waals surface area contributed by atoms with E-state index in [0.29, 0.717) is 13.2 Å². The summed E-state index contributed by atoms with van der Waals surface area (Å²) in [7, 11) is 0. The average Bonchev–Trinajstić information content (AvgIpc) is 2.51. The van der Waals surface area contributed by atoms with Gasteiger partial charge < -0.3 is 24.7 Å². The predicted octanol–water partition coefficient (Wildman–Crippen LogP) is -2.66. The number of aliphatic hydroxyl groups is 2. The van der Waals surface area contributed by atoms with Crippen LogP contribution >= 0.6 is 0 Å². The molecule has 5 heteroatoms. The molecule has 0 bridgehead atoms. The van der Waals surface area contributed by atoms with Crippen molar-refractivity contribution >= 4 is 0 Å². The number of piperazine rings is 1. The molecular formula is C16H28N2O3+2. The van der Waals surface area contributed by atoms with Crippen molar-refractivity contribution in [3.05, 3.63) is 35.9 Å². The molecule has 0 spiro atoms. The van der Waals surface area contributed by atoms with Gasteiger partial charge in [-0.2, -0.15) is 0 Å². The molecule has 2 rings (SSSR count). The van der Waals surface area contributed by atoms with Gasteiger partial charge in [-0.3, -0.25) is 0 Å². The molecule has 1 fully saturated rings. The molecule has 1 aliphatic heterocycles. The third kappa shape index (κ3) is 6.11. The van der Waals surface area contributed by atoms with Gasteiger partial charge in [-0.1, -0.05) is 30.3 Å². The number of hydrogen-bond acceptors (Lipinski definition) is 3. The van der Waals surface area contributed by atoms with Gasteiger partial charge in [-0.15, -0.1) is 0 Å². The number of rotatable bonds is 8. The first-order valence-corrected chi connectivity index (χ1v) is 7.85. The smallest absolute Gasteiger partial charge is 0.127 e. The monoisotopic (exact) mass is 296 g/mol. The van der Waals surface area contributed by atoms with Crippen LogP contribution in [0.3, 0.4) is 0 Å². The van der Waals surface area contributed by atoms with Crippen LogP contribution in [0.4, 0.5) is 0 Å². The van der Waals surface area contributed by atoms with Crippen LogP contribution in [0.2, 0.25) is 0 Å². The molecule has 0 aliphatic carbocycles. The maximum Gasteiger partial charge on any atom is 0.127 e. The Morgan fingerprint density at radius 3 is 2.38 bits per heavy atom. The Labute approximate surface area is 126 Å². The molecule has 1 aliphatic rings. The van der Waals surface area contributed by atoms with Crippen molar-refractivity contribution in [3.63, 3.8) is 0 Å². The summed E-state index contributed by atoms with van der Waals surface area (Å²) in [5, 5.41) is 19.0. The summed E-state index contributed by atoms with van der Waals surface area (Å²) in [4.78, 5) is 2.91. The summed E-state index contributed by atoms with van der Waals surface area (Å²) in [5.41, 5.74) is 1.14. The minimum atomic E-state index is -0.400. The highest BCUT2D eigenvalue weighted by Gasteiger charge is 2.24. The molecular weight excluding hydrogens is 268 g/mol. The van der Waals surface area contributed by atoms with E-state index in [-0.39, 0.29) is 6.61 Å². The second-order valence-electron chi connectivity index (χ2n) is 5.83. The predicted molar refractivity (Wildman–Crippen MR) is 80.3 cm³/mol. The summed E-state index contributed by atoms with van der Waals surface area (Å²) in [6.45, 7) is 7.09. The maximum atomic E-state index is 10.1. The first-order valence-electron chi connectivity index (χ1n) is 7.85. The van der Waals surface area contributed by atoms with Crippen LogP contribution in [0.15, 0.2) is 30.3 Å². The van der Waals surface area contributed by atoms with Crippen molar-refractivity contribution < 1.29 is 24.7 Å². The molecule has 0 aromatic heterocycles. The van der Waals surface area contributed by atoms with E-state index in [2.05, 4.69) is 0 Å². The molecule has 1 atom stereocenters. The van der Waals surface area contributed by atoms with E-state index in [1.165, 1.54) is 9.80 Å². The molecule has 1 heterocycles. The molecule has 0 saturated carbocycles. The lowest BCUT2D eigenvalue weighted by Crippen LogP contribution is -3.28. The van der Waals surface area contributed by atoms with Crippen molar-refractivity contribution in [1.82, 2.24) is 0 Å². The summed E-state index contributed by atoms with van der Waals surface area (Å²) in [5.74, 6) is 0. The van der Waals surface area contributed by atoms with E-state index in [4.69, 9.17) is 9.84 Å². The molecule has 4 N–H and O–H groups in total. The fraction of sp³-hybridized carbons (Fsp3) is 0.625. The first kappa shape index (κ1) is 16.4. The molecule has 1 aromatic carbocycles. The summed E-state index contributed by atoms with van der Waals surface area (Å²) in [6, 6.07) is 10.0. The van der Waals surface area contributed by atoms with E-state index < -0.39 is 6.10 Å². The average molecular weight is 296 g/mol. The number of quaternary nitrogens is 2. The SMILES string of the molecule is OCC[NH+]1CC[NH+](CC(O)COCc2ccccc2)CC1. The zero-order valence-electron chi connectivity index (χ0n) is 12.6. The minimum absolute atomic E-state index is 0.265. The second kappa shape index (κ2) is 9.12. The summed E-state index contributed by atoms with van der Waals surface area (Å²) in [6.07, 6.45) is -0.400. The van der Waals surface area contributed by atoms with Crippen LogP contribution in [0, 0.1) is 0 Å². The highest BCUT2D eigenvalue weighted by molar-refractivity contribution is 5.13. The Hall–Kier alpha value is -0.980. The Bertz CT molecular complexity index is 380. The fourth-order valence-corrected chi connectivity index (χ4v) is 2.85. The third-order valence-electron chi connectivity index (χ3n) is 4.08. The standard InChI is InChI=1S/C16H26N2O3/c19-11-10-17-6-8-18(9-7-17)12-16(20)14-21-13-15-4-2-1-3-5-15/h1-5,16,19-20H,6-14H2/p+2. The maximum absolute atomic E-state index is 10.1. The van der Waals surface area contributed by atoms with Crippen LogP contribution in [-0.2, 0) is 11.3 Å². The molecule has 21 heavy (non-hydrogen) atoms. The van der Waals surface area contributed by atoms with E-state index in [9.17, 15) is 5.11 Å². The number of ether oxygens (including phenoxy) is 1. The van der Waals surface area contributed by atoms with Gasteiger partial charge in [0, 0.05) is 0 Å². The Morgan fingerprint density at radius 1 is 1.05 bits per heavy atom. The Morgan fingerprint density at radius 2 is 1.71 bits per heavy atom. The number of nitrogens with one attached hydrogen (secondary N) is 2. The lowest BCUT2D eigenvalue weighted by molar-refractivity contribution is -1.01. The van der Waals surface area contributed by atoms with Gasteiger partial charge in [-0.05, 0) is 5.56 Å². The van der Waals surface area contributed by atoms with Crippen molar-refractivity contribution in [2.75, 3.05) is 52.5 Å². The molecule has 0 amide bonds. The lowest BCUT2D eigenvalue weighted by atomic mass is 10.2. The lowest BCUT2D eigenvalue weighted by Gasteiger charge is -2.30. The highest BCUT2D eigenvalue weighted by atomic mass is 16.5. The van der Waals surface area contributed by atoms with Gasteiger partial charge in [0.15, 0.2) is 0 Å². The zero-order chi connectivity index (χ0) is 14.9. The quantitative estimate of drug-likeness (QED) is 0.424. The van der Waals surface area contributed by atoms with Crippen LogP contribution in [-0.4, -0.2) is 68.8 Å². The van der Waals surface area contributed by atoms with Crippen LogP contribution in [0.1, 0.15) is 5.56 Å². The summed E-state index contributed by atoms with van der Waals surface area (Å²) < 4.78 is 5.58. The topological polar surface area (TPSA) is 58.6 Å². The highest BCUT2D eigenvalue weighted by Crippen LogP contribution is 2.00. The first-order chi connectivity index (χ1) is 10.3. The van der Waals surface area contributed by atoms with Crippen LogP contribution in [0.5, 0.6) is 0 Å². The van der Waals surface area contributed by atoms with Crippen LogP contribution < -0.4 is 9.80 Å². The van der Waals surface area contributed by atoms with Gasteiger partial charge in [-0.25, -0.2) is 0 Å². The molecule has 0 radical (unpaired) electrons. The van der Waals surface area contributed by atoms with Crippen molar-refractivity contribution in [2.45, 2.75) is 12.7 Å². The van der Waals surface area contributed by atoms with Crippen molar-refractivity contribution in [1.29, 1.82) is 0 Å².